The van der Waals surface area contributed by atoms with E-state index in [9.17, 15) is 0 Å². The van der Waals surface area contributed by atoms with Crippen LogP contribution in [0.15, 0.2) is 28.7 Å². The second kappa shape index (κ2) is 4.57. The zero-order chi connectivity index (χ0) is 10.7. The van der Waals surface area contributed by atoms with Gasteiger partial charge in [0, 0.05) is 17.3 Å². The Hall–Kier alpha value is -1.16. The molecule has 3 nitrogen and oxygen atoms in total. The van der Waals surface area contributed by atoms with Gasteiger partial charge in [-0.15, -0.1) is 0 Å². The zero-order valence-electron chi connectivity index (χ0n) is 8.50. The van der Waals surface area contributed by atoms with Crippen LogP contribution in [0.2, 0.25) is 0 Å². The number of nitrogens with zero attached hydrogens (tertiary/aromatic N) is 2. The highest BCUT2D eigenvalue weighted by molar-refractivity contribution is 9.10. The van der Waals surface area contributed by atoms with Crippen molar-refractivity contribution in [3.63, 3.8) is 0 Å². The summed E-state index contributed by atoms with van der Waals surface area (Å²) < 4.78 is 1.10. The summed E-state index contributed by atoms with van der Waals surface area (Å²) in [6.45, 7) is 2.05. The molecule has 0 aliphatic heterocycles. The van der Waals surface area contributed by atoms with Crippen molar-refractivity contribution >= 4 is 15.9 Å². The number of aromatic amines is 1. The van der Waals surface area contributed by atoms with Crippen molar-refractivity contribution in [1.82, 2.24) is 15.2 Å². The van der Waals surface area contributed by atoms with Crippen molar-refractivity contribution in [2.75, 3.05) is 0 Å². The molecule has 1 aromatic carbocycles. The molecule has 1 heterocycles. The zero-order valence-corrected chi connectivity index (χ0v) is 10.1. The van der Waals surface area contributed by atoms with Crippen LogP contribution in [-0.4, -0.2) is 15.2 Å². The molecule has 0 saturated carbocycles. The first-order valence-electron chi connectivity index (χ1n) is 4.92. The molecule has 0 fully saturated rings. The molecule has 0 saturated heterocycles. The van der Waals surface area contributed by atoms with Gasteiger partial charge in [-0.2, -0.15) is 5.10 Å². The first-order valence-corrected chi connectivity index (χ1v) is 5.72. The van der Waals surface area contributed by atoms with Crippen molar-refractivity contribution in [3.8, 4) is 0 Å². The Labute approximate surface area is 97.1 Å². The summed E-state index contributed by atoms with van der Waals surface area (Å²) in [5.74, 6) is 1.80. The lowest BCUT2D eigenvalue weighted by molar-refractivity contribution is 0.942. The predicted octanol–water partition coefficient (Wildman–Crippen LogP) is 2.72. The molecule has 1 aromatic heterocycles. The summed E-state index contributed by atoms with van der Waals surface area (Å²) >= 11 is 3.41. The normalized spacial score (nSPS) is 10.5. The highest BCUT2D eigenvalue weighted by atomic mass is 79.9. The van der Waals surface area contributed by atoms with Gasteiger partial charge in [0.05, 0.1) is 0 Å². The van der Waals surface area contributed by atoms with Crippen LogP contribution in [0, 0.1) is 0 Å². The number of hydrogen-bond acceptors (Lipinski definition) is 2. The van der Waals surface area contributed by atoms with Crippen LogP contribution in [0.4, 0.5) is 0 Å². The first-order chi connectivity index (χ1) is 7.28. The molecule has 1 N–H and O–H groups in total. The smallest absolute Gasteiger partial charge is 0.150 e. The third-order valence-corrected chi connectivity index (χ3v) is 2.71. The van der Waals surface area contributed by atoms with Crippen molar-refractivity contribution in [3.05, 3.63) is 46.0 Å². The minimum Gasteiger partial charge on any atom is -0.263 e. The van der Waals surface area contributed by atoms with Gasteiger partial charge in [0.2, 0.25) is 0 Å². The Morgan fingerprint density at radius 3 is 2.60 bits per heavy atom. The van der Waals surface area contributed by atoms with Crippen molar-refractivity contribution in [1.29, 1.82) is 0 Å². The standard InChI is InChI=1S/C11H12BrN3/c1-2-10-13-11(15-14-10)7-8-3-5-9(12)6-4-8/h3-6H,2,7H2,1H3,(H,13,14,15). The van der Waals surface area contributed by atoms with Crippen LogP contribution in [-0.2, 0) is 12.8 Å². The summed E-state index contributed by atoms with van der Waals surface area (Å²) in [6, 6.07) is 8.23. The van der Waals surface area contributed by atoms with Crippen LogP contribution in [0.25, 0.3) is 0 Å². The topological polar surface area (TPSA) is 41.6 Å². The number of H-pyrrole nitrogens is 1. The molecule has 78 valence electrons. The number of aryl methyl sites for hydroxylation is 1. The largest absolute Gasteiger partial charge is 0.263 e. The maximum atomic E-state index is 4.37. The van der Waals surface area contributed by atoms with Crippen LogP contribution < -0.4 is 0 Å². The van der Waals surface area contributed by atoms with Gasteiger partial charge >= 0.3 is 0 Å². The van der Waals surface area contributed by atoms with Crippen LogP contribution >= 0.6 is 15.9 Å². The molecule has 0 spiro atoms. The molecule has 0 aliphatic rings. The van der Waals surface area contributed by atoms with Gasteiger partial charge in [-0.3, -0.25) is 5.10 Å². The summed E-state index contributed by atoms with van der Waals surface area (Å²) in [7, 11) is 0. The molecule has 0 aliphatic carbocycles. The van der Waals surface area contributed by atoms with E-state index in [0.29, 0.717) is 0 Å². The SMILES string of the molecule is CCc1n[nH]c(Cc2ccc(Br)cc2)n1. The minimum atomic E-state index is 0.806. The average Bonchev–Trinajstić information content (AvgIpc) is 2.69. The van der Waals surface area contributed by atoms with Crippen LogP contribution in [0.5, 0.6) is 0 Å². The van der Waals surface area contributed by atoms with Gasteiger partial charge in [-0.05, 0) is 17.7 Å². The fourth-order valence-corrected chi connectivity index (χ4v) is 1.63. The number of hydrogen-bond donors (Lipinski definition) is 1. The van der Waals surface area contributed by atoms with Crippen molar-refractivity contribution in [2.24, 2.45) is 0 Å². The molecule has 4 heteroatoms. The van der Waals surface area contributed by atoms with E-state index in [2.05, 4.69) is 43.2 Å². The molecular weight excluding hydrogens is 254 g/mol. The molecule has 15 heavy (non-hydrogen) atoms. The van der Waals surface area contributed by atoms with E-state index in [-0.39, 0.29) is 0 Å². The Bertz CT molecular complexity index is 433. The number of nitrogens with one attached hydrogen (secondary N) is 1. The lowest BCUT2D eigenvalue weighted by Crippen LogP contribution is -1.90. The number of halogens is 1. The Kier molecular flexibility index (Phi) is 3.16. The quantitative estimate of drug-likeness (QED) is 0.928. The van der Waals surface area contributed by atoms with E-state index in [1.54, 1.807) is 0 Å². The number of benzene rings is 1. The molecule has 0 radical (unpaired) electrons. The van der Waals surface area contributed by atoms with E-state index in [1.807, 2.05) is 19.1 Å². The highest BCUT2D eigenvalue weighted by Crippen LogP contribution is 2.12. The lowest BCUT2D eigenvalue weighted by atomic mass is 10.1. The third-order valence-electron chi connectivity index (χ3n) is 2.18. The molecule has 0 unspecified atom stereocenters. The van der Waals surface area contributed by atoms with E-state index >= 15 is 0 Å². The van der Waals surface area contributed by atoms with Gasteiger partial charge in [0.15, 0.2) is 0 Å². The molecular formula is C11H12BrN3. The van der Waals surface area contributed by atoms with Crippen LogP contribution in [0.3, 0.4) is 0 Å². The Morgan fingerprint density at radius 1 is 1.27 bits per heavy atom. The number of aromatic nitrogens is 3. The minimum absolute atomic E-state index is 0.806. The summed E-state index contributed by atoms with van der Waals surface area (Å²) in [6.07, 6.45) is 1.68. The van der Waals surface area contributed by atoms with Gasteiger partial charge < -0.3 is 0 Å². The van der Waals surface area contributed by atoms with Crippen LogP contribution in [0.1, 0.15) is 24.1 Å². The Balaban J connectivity index is 2.11. The van der Waals surface area contributed by atoms with Crippen molar-refractivity contribution < 1.29 is 0 Å². The second-order valence-corrected chi connectivity index (χ2v) is 4.27. The van der Waals surface area contributed by atoms with Crippen molar-refractivity contribution in [2.45, 2.75) is 19.8 Å². The maximum absolute atomic E-state index is 4.37. The van der Waals surface area contributed by atoms with E-state index < -0.39 is 0 Å². The summed E-state index contributed by atoms with van der Waals surface area (Å²) in [5, 5.41) is 7.05. The van der Waals surface area contributed by atoms with E-state index in [4.69, 9.17) is 0 Å². The molecule has 2 rings (SSSR count). The molecule has 0 amide bonds. The van der Waals surface area contributed by atoms with E-state index in [1.165, 1.54) is 5.56 Å². The molecule has 0 bridgehead atoms. The third kappa shape index (κ3) is 2.65. The summed E-state index contributed by atoms with van der Waals surface area (Å²) in [4.78, 5) is 4.37. The second-order valence-electron chi connectivity index (χ2n) is 3.36. The maximum Gasteiger partial charge on any atom is 0.150 e. The van der Waals surface area contributed by atoms with Gasteiger partial charge in [-0.25, -0.2) is 4.98 Å². The fraction of sp³-hybridized carbons (Fsp3) is 0.273. The monoisotopic (exact) mass is 265 g/mol. The van der Waals surface area contributed by atoms with Gasteiger partial charge in [0.1, 0.15) is 11.6 Å². The average molecular weight is 266 g/mol. The number of rotatable bonds is 3. The van der Waals surface area contributed by atoms with Gasteiger partial charge in [0.25, 0.3) is 0 Å². The lowest BCUT2D eigenvalue weighted by Gasteiger charge is -1.97. The Morgan fingerprint density at radius 2 is 2.00 bits per heavy atom. The van der Waals surface area contributed by atoms with E-state index in [0.717, 1.165) is 29.0 Å². The fourth-order valence-electron chi connectivity index (χ4n) is 1.37. The molecule has 0 atom stereocenters. The highest BCUT2D eigenvalue weighted by Gasteiger charge is 2.02. The summed E-state index contributed by atoms with van der Waals surface area (Å²) in [5.41, 5.74) is 1.23. The predicted molar refractivity (Wildman–Crippen MR) is 62.7 cm³/mol. The molecule has 2 aromatic rings. The first kappa shape index (κ1) is 10.4. The van der Waals surface area contributed by atoms with Gasteiger partial charge in [-0.1, -0.05) is 35.0 Å².